The second-order valence-electron chi connectivity index (χ2n) is 11.7. The lowest BCUT2D eigenvalue weighted by atomic mass is 9.93. The van der Waals surface area contributed by atoms with Gasteiger partial charge in [-0.1, -0.05) is 69.9 Å². The molecular weight excluding hydrogens is 524 g/mol. The molecule has 10 heteroatoms. The van der Waals surface area contributed by atoms with Crippen LogP contribution in [0.15, 0.2) is 30.3 Å². The van der Waals surface area contributed by atoms with Gasteiger partial charge >= 0.3 is 0 Å². The van der Waals surface area contributed by atoms with Gasteiger partial charge in [0.1, 0.15) is 24.2 Å². The van der Waals surface area contributed by atoms with Gasteiger partial charge in [-0.2, -0.15) is 0 Å². The van der Waals surface area contributed by atoms with Crippen LogP contribution in [0.3, 0.4) is 0 Å². The lowest BCUT2D eigenvalue weighted by Crippen LogP contribution is -2.64. The molecule has 0 aromatic heterocycles. The molecule has 0 spiro atoms. The van der Waals surface area contributed by atoms with Crippen LogP contribution in [-0.4, -0.2) is 81.7 Å². The normalized spacial score (nSPS) is 26.4. The van der Waals surface area contributed by atoms with Crippen molar-refractivity contribution in [3.63, 3.8) is 0 Å². The standard InChI is InChI=1S/C31H48N4O6/c1-4-20(2)27-31(41)35-18-12-11-16-25(35)30(40)32-23(15-9-6-10-17-26(37)21(3)36)28(38)33-24(29(39)34-27)19-22-13-7-5-8-14-22/h5,7-8,13-14,20-21,23-27,36-37H,4,6,9-12,15-19H2,1-3H3,(H,32,40)(H,33,38)(H,34,39)/t20-,21-,23+,24-,25+,26+,27+/m1/s1. The Morgan fingerprint density at radius 1 is 0.878 bits per heavy atom. The van der Waals surface area contributed by atoms with Gasteiger partial charge in [-0.3, -0.25) is 19.2 Å². The molecule has 0 saturated carbocycles. The lowest BCUT2D eigenvalue weighted by Gasteiger charge is -2.39. The highest BCUT2D eigenvalue weighted by Gasteiger charge is 2.40. The van der Waals surface area contributed by atoms with E-state index in [0.717, 1.165) is 18.4 Å². The van der Waals surface area contributed by atoms with Crippen LogP contribution in [0.1, 0.15) is 84.1 Å². The number of carbonyl (C=O) groups excluding carboxylic acids is 4. The van der Waals surface area contributed by atoms with Crippen molar-refractivity contribution < 1.29 is 29.4 Å². The van der Waals surface area contributed by atoms with Crippen molar-refractivity contribution in [2.24, 2.45) is 5.92 Å². The van der Waals surface area contributed by atoms with E-state index >= 15 is 0 Å². The number of amides is 4. The quantitative estimate of drug-likeness (QED) is 0.256. The molecule has 0 radical (unpaired) electrons. The minimum Gasteiger partial charge on any atom is -0.391 e. The number of fused-ring (bicyclic) bond motifs is 1. The molecule has 2 heterocycles. The zero-order chi connectivity index (χ0) is 29.9. The molecule has 41 heavy (non-hydrogen) atoms. The fourth-order valence-corrected chi connectivity index (χ4v) is 5.57. The Morgan fingerprint density at radius 3 is 2.24 bits per heavy atom. The van der Waals surface area contributed by atoms with E-state index in [1.807, 2.05) is 44.2 Å². The average Bonchev–Trinajstić information content (AvgIpc) is 2.97. The van der Waals surface area contributed by atoms with Gasteiger partial charge in [0.25, 0.3) is 0 Å². The number of rotatable bonds is 11. The van der Waals surface area contributed by atoms with E-state index in [9.17, 15) is 29.4 Å². The van der Waals surface area contributed by atoms with Crippen molar-refractivity contribution in [1.82, 2.24) is 20.9 Å². The molecule has 2 aliphatic rings. The summed E-state index contributed by atoms with van der Waals surface area (Å²) in [5.41, 5.74) is 0.861. The van der Waals surface area contributed by atoms with E-state index in [1.54, 1.807) is 11.8 Å². The summed E-state index contributed by atoms with van der Waals surface area (Å²) in [6.07, 6.45) is 4.11. The predicted octanol–water partition coefficient (Wildman–Crippen LogP) is 1.82. The lowest BCUT2D eigenvalue weighted by molar-refractivity contribution is -0.147. The third-order valence-electron chi connectivity index (χ3n) is 8.46. The van der Waals surface area contributed by atoms with Gasteiger partial charge in [-0.15, -0.1) is 0 Å². The number of hydrogen-bond donors (Lipinski definition) is 5. The topological polar surface area (TPSA) is 148 Å². The van der Waals surface area contributed by atoms with Crippen molar-refractivity contribution in [3.05, 3.63) is 35.9 Å². The van der Waals surface area contributed by atoms with Gasteiger partial charge in [0, 0.05) is 13.0 Å². The number of benzene rings is 1. The van der Waals surface area contributed by atoms with Crippen LogP contribution in [-0.2, 0) is 25.6 Å². The molecule has 4 amide bonds. The van der Waals surface area contributed by atoms with E-state index in [4.69, 9.17) is 0 Å². The summed E-state index contributed by atoms with van der Waals surface area (Å²) in [5, 5.41) is 28.1. The van der Waals surface area contributed by atoms with Crippen LogP contribution in [0.2, 0.25) is 0 Å². The number of hydrogen-bond acceptors (Lipinski definition) is 6. The van der Waals surface area contributed by atoms with E-state index in [-0.39, 0.29) is 24.2 Å². The summed E-state index contributed by atoms with van der Waals surface area (Å²) < 4.78 is 0. The summed E-state index contributed by atoms with van der Waals surface area (Å²) in [4.78, 5) is 56.3. The molecule has 7 atom stereocenters. The van der Waals surface area contributed by atoms with Gasteiger partial charge in [-0.05, 0) is 50.5 Å². The minimum atomic E-state index is -0.929. The van der Waals surface area contributed by atoms with E-state index in [2.05, 4.69) is 16.0 Å². The average molecular weight is 573 g/mol. The van der Waals surface area contributed by atoms with E-state index in [1.165, 1.54) is 0 Å². The smallest absolute Gasteiger partial charge is 0.246 e. The number of carbonyl (C=O) groups is 4. The second-order valence-corrected chi connectivity index (χ2v) is 11.7. The summed E-state index contributed by atoms with van der Waals surface area (Å²) >= 11 is 0. The van der Waals surface area contributed by atoms with Crippen molar-refractivity contribution in [1.29, 1.82) is 0 Å². The van der Waals surface area contributed by atoms with Gasteiger partial charge in [-0.25, -0.2) is 0 Å². The first-order valence-corrected chi connectivity index (χ1v) is 15.2. The molecule has 1 aromatic carbocycles. The van der Waals surface area contributed by atoms with Gasteiger partial charge in [0.2, 0.25) is 23.6 Å². The molecule has 228 valence electrons. The van der Waals surface area contributed by atoms with Crippen molar-refractivity contribution in [2.75, 3.05) is 6.54 Å². The van der Waals surface area contributed by atoms with Crippen LogP contribution < -0.4 is 16.0 Å². The number of nitrogens with zero attached hydrogens (tertiary/aromatic N) is 1. The Hall–Kier alpha value is -2.98. The van der Waals surface area contributed by atoms with Crippen LogP contribution in [0, 0.1) is 5.92 Å². The summed E-state index contributed by atoms with van der Waals surface area (Å²) in [7, 11) is 0. The minimum absolute atomic E-state index is 0.159. The highest BCUT2D eigenvalue weighted by molar-refractivity contribution is 5.97. The maximum absolute atomic E-state index is 13.9. The first kappa shape index (κ1) is 32.5. The van der Waals surface area contributed by atoms with Crippen LogP contribution in [0.25, 0.3) is 0 Å². The van der Waals surface area contributed by atoms with E-state index < -0.39 is 48.2 Å². The SMILES string of the molecule is CC[C@@H](C)[C@@H]1NC(=O)[C@@H](Cc2ccccc2)NC(=O)[C@H](CCCCC[C@H](O)[C@@H](C)O)NC(=O)[C@@H]2CCCCN2C1=O. The van der Waals surface area contributed by atoms with Crippen molar-refractivity contribution in [2.45, 2.75) is 121 Å². The van der Waals surface area contributed by atoms with Crippen LogP contribution in [0.4, 0.5) is 0 Å². The Labute approximate surface area is 243 Å². The number of nitrogens with one attached hydrogen (secondary N) is 3. The van der Waals surface area contributed by atoms with Gasteiger partial charge in [0.15, 0.2) is 0 Å². The molecule has 5 N–H and O–H groups in total. The molecule has 0 unspecified atom stereocenters. The molecule has 2 aliphatic heterocycles. The highest BCUT2D eigenvalue weighted by Crippen LogP contribution is 2.22. The highest BCUT2D eigenvalue weighted by atomic mass is 16.3. The van der Waals surface area contributed by atoms with Crippen molar-refractivity contribution in [3.8, 4) is 0 Å². The largest absolute Gasteiger partial charge is 0.391 e. The molecule has 3 rings (SSSR count). The molecule has 2 fully saturated rings. The first-order chi connectivity index (χ1) is 19.6. The third-order valence-corrected chi connectivity index (χ3v) is 8.46. The monoisotopic (exact) mass is 572 g/mol. The number of aliphatic hydroxyl groups is 2. The van der Waals surface area contributed by atoms with Gasteiger partial charge in [0.05, 0.1) is 12.2 Å². The first-order valence-electron chi connectivity index (χ1n) is 15.2. The second kappa shape index (κ2) is 15.9. The molecular formula is C31H48N4O6. The van der Waals surface area contributed by atoms with Crippen LogP contribution >= 0.6 is 0 Å². The maximum Gasteiger partial charge on any atom is 0.246 e. The molecule has 0 bridgehead atoms. The summed E-state index contributed by atoms with van der Waals surface area (Å²) in [6, 6.07) is 6.06. The molecule has 0 aliphatic carbocycles. The zero-order valence-electron chi connectivity index (χ0n) is 24.7. The number of aliphatic hydroxyl groups excluding tert-OH is 2. The van der Waals surface area contributed by atoms with Gasteiger partial charge < -0.3 is 31.1 Å². The molecule has 1 aromatic rings. The molecule has 10 nitrogen and oxygen atoms in total. The fraction of sp³-hybridized carbons (Fsp3) is 0.677. The number of piperidine rings is 1. The predicted molar refractivity (Wildman–Crippen MR) is 156 cm³/mol. The summed E-state index contributed by atoms with van der Waals surface area (Å²) in [5.74, 6) is -1.63. The third kappa shape index (κ3) is 9.26. The Balaban J connectivity index is 1.86. The van der Waals surface area contributed by atoms with Crippen molar-refractivity contribution >= 4 is 23.6 Å². The van der Waals surface area contributed by atoms with E-state index in [0.29, 0.717) is 51.5 Å². The Morgan fingerprint density at radius 2 is 1.56 bits per heavy atom. The Kier molecular flexibility index (Phi) is 12.6. The summed E-state index contributed by atoms with van der Waals surface area (Å²) in [6.45, 7) is 5.84. The fourth-order valence-electron chi connectivity index (χ4n) is 5.57. The Bertz CT molecular complexity index is 1020. The maximum atomic E-state index is 13.9. The number of unbranched alkanes of at least 4 members (excludes halogenated alkanes) is 2. The van der Waals surface area contributed by atoms with Crippen LogP contribution in [0.5, 0.6) is 0 Å². The molecule has 2 saturated heterocycles. The zero-order valence-corrected chi connectivity index (χ0v) is 24.7.